The Hall–Kier alpha value is -1.36. The molecule has 0 aliphatic carbocycles. The van der Waals surface area contributed by atoms with Gasteiger partial charge in [-0.15, -0.1) is 11.3 Å². The molecule has 2 heterocycles. The van der Waals surface area contributed by atoms with Crippen LogP contribution in [0, 0.1) is 6.92 Å². The molecule has 0 saturated carbocycles. The number of thiophene rings is 1. The van der Waals surface area contributed by atoms with Crippen molar-refractivity contribution in [2.75, 3.05) is 26.2 Å². The minimum Gasteiger partial charge on any atom is -0.339 e. The van der Waals surface area contributed by atoms with Gasteiger partial charge in [0.15, 0.2) is 0 Å². The fourth-order valence-electron chi connectivity index (χ4n) is 1.96. The molecule has 0 N–H and O–H groups in total. The Morgan fingerprint density at radius 1 is 1.18 bits per heavy atom. The number of amides is 2. The van der Waals surface area contributed by atoms with E-state index in [1.165, 1.54) is 11.3 Å². The quantitative estimate of drug-likeness (QED) is 0.757. The van der Waals surface area contributed by atoms with Gasteiger partial charge >= 0.3 is 0 Å². The largest absolute Gasteiger partial charge is 0.339 e. The summed E-state index contributed by atoms with van der Waals surface area (Å²) in [6.07, 6.45) is 0. The van der Waals surface area contributed by atoms with E-state index in [1.807, 2.05) is 23.3 Å². The van der Waals surface area contributed by atoms with Gasteiger partial charge in [0.05, 0.1) is 4.88 Å². The molecule has 17 heavy (non-hydrogen) atoms. The average Bonchev–Trinajstić information content (AvgIpc) is 2.74. The maximum atomic E-state index is 12.2. The lowest BCUT2D eigenvalue weighted by atomic mass is 10.2. The van der Waals surface area contributed by atoms with Gasteiger partial charge in [-0.1, -0.05) is 0 Å². The van der Waals surface area contributed by atoms with Gasteiger partial charge in [0, 0.05) is 33.1 Å². The molecule has 0 atom stereocenters. The smallest absolute Gasteiger partial charge is 0.264 e. The lowest BCUT2D eigenvalue weighted by Gasteiger charge is -2.34. The van der Waals surface area contributed by atoms with Gasteiger partial charge in [0.2, 0.25) is 5.91 Å². The number of piperazine rings is 1. The van der Waals surface area contributed by atoms with Crippen LogP contribution in [0.4, 0.5) is 0 Å². The monoisotopic (exact) mass is 252 g/mol. The van der Waals surface area contributed by atoms with Crippen molar-refractivity contribution in [3.63, 3.8) is 0 Å². The maximum Gasteiger partial charge on any atom is 0.264 e. The van der Waals surface area contributed by atoms with Crippen molar-refractivity contribution in [1.82, 2.24) is 9.80 Å². The lowest BCUT2D eigenvalue weighted by Crippen LogP contribution is -2.50. The minimum absolute atomic E-state index is 0.0874. The van der Waals surface area contributed by atoms with Gasteiger partial charge in [-0.25, -0.2) is 0 Å². The maximum absolute atomic E-state index is 12.2. The predicted molar refractivity (Wildman–Crippen MR) is 67.2 cm³/mol. The topological polar surface area (TPSA) is 40.6 Å². The zero-order valence-electron chi connectivity index (χ0n) is 10.1. The van der Waals surface area contributed by atoms with Crippen LogP contribution in [0.15, 0.2) is 11.4 Å². The van der Waals surface area contributed by atoms with Crippen LogP contribution in [-0.4, -0.2) is 47.8 Å². The van der Waals surface area contributed by atoms with Gasteiger partial charge in [-0.3, -0.25) is 9.59 Å². The molecule has 1 aliphatic rings. The van der Waals surface area contributed by atoms with Crippen LogP contribution in [-0.2, 0) is 4.79 Å². The molecular weight excluding hydrogens is 236 g/mol. The molecule has 1 fully saturated rings. The lowest BCUT2D eigenvalue weighted by molar-refractivity contribution is -0.130. The minimum atomic E-state index is 0.0874. The highest BCUT2D eigenvalue weighted by Gasteiger charge is 2.24. The molecule has 1 saturated heterocycles. The summed E-state index contributed by atoms with van der Waals surface area (Å²) in [6, 6.07) is 1.96. The number of rotatable bonds is 1. The van der Waals surface area contributed by atoms with Crippen LogP contribution in [0.25, 0.3) is 0 Å². The van der Waals surface area contributed by atoms with E-state index in [0.29, 0.717) is 26.2 Å². The molecule has 92 valence electrons. The average molecular weight is 252 g/mol. The van der Waals surface area contributed by atoms with Crippen molar-refractivity contribution in [3.05, 3.63) is 21.9 Å². The fourth-order valence-corrected chi connectivity index (χ4v) is 2.85. The van der Waals surface area contributed by atoms with Crippen LogP contribution in [0.5, 0.6) is 0 Å². The number of aryl methyl sites for hydroxylation is 1. The molecule has 4 nitrogen and oxygen atoms in total. The highest BCUT2D eigenvalue weighted by molar-refractivity contribution is 7.12. The highest BCUT2D eigenvalue weighted by atomic mass is 32.1. The Morgan fingerprint density at radius 3 is 2.24 bits per heavy atom. The van der Waals surface area contributed by atoms with E-state index >= 15 is 0 Å². The zero-order valence-corrected chi connectivity index (χ0v) is 10.9. The summed E-state index contributed by atoms with van der Waals surface area (Å²) in [5.41, 5.74) is 1.04. The molecule has 0 aromatic carbocycles. The summed E-state index contributed by atoms with van der Waals surface area (Å²) in [5, 5.41) is 1.94. The number of carbonyl (C=O) groups excluding carboxylic acids is 2. The number of hydrogen-bond donors (Lipinski definition) is 0. The second-order valence-corrected chi connectivity index (χ2v) is 5.15. The van der Waals surface area contributed by atoms with Gasteiger partial charge in [-0.2, -0.15) is 0 Å². The van der Waals surface area contributed by atoms with E-state index in [9.17, 15) is 9.59 Å². The van der Waals surface area contributed by atoms with Crippen molar-refractivity contribution in [2.24, 2.45) is 0 Å². The molecule has 0 spiro atoms. The molecule has 0 unspecified atom stereocenters. The normalized spacial score (nSPS) is 16.1. The molecule has 0 bridgehead atoms. The van der Waals surface area contributed by atoms with Gasteiger partial charge in [0.25, 0.3) is 5.91 Å². The molecule has 5 heteroatoms. The van der Waals surface area contributed by atoms with E-state index in [1.54, 1.807) is 11.8 Å². The van der Waals surface area contributed by atoms with E-state index in [0.717, 1.165) is 10.4 Å². The van der Waals surface area contributed by atoms with Crippen LogP contribution in [0.2, 0.25) is 0 Å². The highest BCUT2D eigenvalue weighted by Crippen LogP contribution is 2.18. The Bertz CT molecular complexity index is 433. The van der Waals surface area contributed by atoms with E-state index in [4.69, 9.17) is 0 Å². The summed E-state index contributed by atoms with van der Waals surface area (Å²) in [7, 11) is 0. The Labute approximate surface area is 105 Å². The van der Waals surface area contributed by atoms with E-state index in [2.05, 4.69) is 0 Å². The molecule has 0 radical (unpaired) electrons. The molecule has 1 aromatic rings. The SMILES string of the molecule is CC(=O)N1CCN(C(=O)c2sccc2C)CC1. The van der Waals surface area contributed by atoms with Crippen LogP contribution >= 0.6 is 11.3 Å². The predicted octanol–water partition coefficient (Wildman–Crippen LogP) is 1.36. The van der Waals surface area contributed by atoms with Crippen molar-refractivity contribution in [1.29, 1.82) is 0 Å². The second kappa shape index (κ2) is 4.87. The summed E-state index contributed by atoms with van der Waals surface area (Å²) in [6.45, 7) is 6.08. The second-order valence-electron chi connectivity index (χ2n) is 4.23. The first-order valence-corrected chi connectivity index (χ1v) is 6.56. The first kappa shape index (κ1) is 12.1. The third kappa shape index (κ3) is 2.49. The Balaban J connectivity index is 2.00. The third-order valence-corrected chi connectivity index (χ3v) is 4.07. The number of hydrogen-bond acceptors (Lipinski definition) is 3. The first-order valence-electron chi connectivity index (χ1n) is 5.68. The van der Waals surface area contributed by atoms with E-state index in [-0.39, 0.29) is 11.8 Å². The van der Waals surface area contributed by atoms with Gasteiger partial charge < -0.3 is 9.80 Å². The van der Waals surface area contributed by atoms with Crippen LogP contribution < -0.4 is 0 Å². The summed E-state index contributed by atoms with van der Waals surface area (Å²) < 4.78 is 0. The van der Waals surface area contributed by atoms with Crippen molar-refractivity contribution in [3.8, 4) is 0 Å². The Kier molecular flexibility index (Phi) is 3.47. The summed E-state index contributed by atoms with van der Waals surface area (Å²) >= 11 is 1.49. The molecule has 2 amide bonds. The summed E-state index contributed by atoms with van der Waals surface area (Å²) in [4.78, 5) is 27.8. The van der Waals surface area contributed by atoms with Gasteiger partial charge in [-0.05, 0) is 23.9 Å². The standard InChI is InChI=1S/C12H16N2O2S/c1-9-3-8-17-11(9)12(16)14-6-4-13(5-7-14)10(2)15/h3,8H,4-7H2,1-2H3. The fraction of sp³-hybridized carbons (Fsp3) is 0.500. The van der Waals surface area contributed by atoms with Gasteiger partial charge in [0.1, 0.15) is 0 Å². The first-order chi connectivity index (χ1) is 8.09. The van der Waals surface area contributed by atoms with Crippen molar-refractivity contribution >= 4 is 23.2 Å². The molecule has 1 aliphatic heterocycles. The molecule has 1 aromatic heterocycles. The van der Waals surface area contributed by atoms with Crippen LogP contribution in [0.1, 0.15) is 22.2 Å². The third-order valence-electron chi connectivity index (χ3n) is 3.07. The van der Waals surface area contributed by atoms with E-state index < -0.39 is 0 Å². The number of nitrogens with zero attached hydrogens (tertiary/aromatic N) is 2. The van der Waals surface area contributed by atoms with Crippen LogP contribution in [0.3, 0.4) is 0 Å². The van der Waals surface area contributed by atoms with Crippen molar-refractivity contribution < 1.29 is 9.59 Å². The Morgan fingerprint density at radius 2 is 1.76 bits per heavy atom. The number of carbonyl (C=O) groups is 2. The van der Waals surface area contributed by atoms with Crippen molar-refractivity contribution in [2.45, 2.75) is 13.8 Å². The summed E-state index contributed by atoms with van der Waals surface area (Å²) in [5.74, 6) is 0.185. The molecule has 2 rings (SSSR count). The zero-order chi connectivity index (χ0) is 12.4. The molecular formula is C12H16N2O2S.